The zero-order valence-corrected chi connectivity index (χ0v) is 14.8. The molecule has 0 bridgehead atoms. The minimum atomic E-state index is -0.680. The Balaban J connectivity index is 1.80. The first-order chi connectivity index (χ1) is 12.2. The topological polar surface area (TPSA) is 58.4 Å². The van der Waals surface area contributed by atoms with E-state index in [9.17, 15) is 9.90 Å². The Morgan fingerprint density at radius 2 is 1.96 bits per heavy atom. The van der Waals surface area contributed by atoms with E-state index in [4.69, 9.17) is 0 Å². The van der Waals surface area contributed by atoms with E-state index in [0.717, 1.165) is 37.8 Å². The van der Waals surface area contributed by atoms with Crippen molar-refractivity contribution in [3.63, 3.8) is 0 Å². The fraction of sp³-hybridized carbons (Fsp3) is 0.500. The minimum absolute atomic E-state index is 0.0749. The average Bonchev–Trinajstić information content (AvgIpc) is 3.16. The van der Waals surface area contributed by atoms with Crippen LogP contribution in [-0.2, 0) is 6.54 Å². The van der Waals surface area contributed by atoms with Crippen molar-refractivity contribution in [2.45, 2.75) is 57.7 Å². The summed E-state index contributed by atoms with van der Waals surface area (Å²) >= 11 is 0. The van der Waals surface area contributed by atoms with Gasteiger partial charge in [-0.05, 0) is 31.4 Å². The third-order valence-electron chi connectivity index (χ3n) is 5.01. The number of aliphatic hydroxyl groups is 1. The monoisotopic (exact) mass is 341 g/mol. The maximum atomic E-state index is 13.1. The van der Waals surface area contributed by atoms with Crippen LogP contribution in [0.4, 0.5) is 0 Å². The van der Waals surface area contributed by atoms with Gasteiger partial charge in [-0.15, -0.1) is 0 Å². The number of carbonyl (C=O) groups excluding carboxylic acids is 1. The van der Waals surface area contributed by atoms with Gasteiger partial charge in [0.05, 0.1) is 12.6 Å². The zero-order valence-electron chi connectivity index (χ0n) is 14.8. The molecule has 25 heavy (non-hydrogen) atoms. The van der Waals surface area contributed by atoms with Gasteiger partial charge in [0.25, 0.3) is 5.91 Å². The van der Waals surface area contributed by atoms with E-state index in [0.29, 0.717) is 12.2 Å². The molecule has 1 atom stereocenters. The van der Waals surface area contributed by atoms with Crippen molar-refractivity contribution in [3.05, 3.63) is 53.9 Å². The molecule has 0 radical (unpaired) electrons. The summed E-state index contributed by atoms with van der Waals surface area (Å²) in [6.07, 6.45) is 6.66. The van der Waals surface area contributed by atoms with Crippen LogP contribution in [0.15, 0.2) is 42.6 Å². The summed E-state index contributed by atoms with van der Waals surface area (Å²) in [5.74, 6) is -0.0749. The molecule has 1 heterocycles. The molecular weight excluding hydrogens is 314 g/mol. The molecule has 5 nitrogen and oxygen atoms in total. The van der Waals surface area contributed by atoms with Crippen LogP contribution in [0.25, 0.3) is 0 Å². The summed E-state index contributed by atoms with van der Waals surface area (Å²) in [6.45, 7) is 3.05. The Kier molecular flexibility index (Phi) is 5.87. The fourth-order valence-electron chi connectivity index (χ4n) is 3.56. The van der Waals surface area contributed by atoms with E-state index in [1.165, 1.54) is 6.42 Å². The number of rotatable bonds is 6. The molecule has 134 valence electrons. The van der Waals surface area contributed by atoms with Crippen molar-refractivity contribution >= 4 is 5.91 Å². The van der Waals surface area contributed by atoms with E-state index in [1.807, 2.05) is 48.4 Å². The summed E-state index contributed by atoms with van der Waals surface area (Å²) in [7, 11) is 0. The lowest BCUT2D eigenvalue weighted by Gasteiger charge is -2.35. The maximum absolute atomic E-state index is 13.1. The normalized spacial score (nSPS) is 16.6. The second kappa shape index (κ2) is 8.30. The first-order valence-electron chi connectivity index (χ1n) is 9.26. The molecule has 0 aliphatic heterocycles. The summed E-state index contributed by atoms with van der Waals surface area (Å²) in [5, 5.41) is 15.0. The molecule has 1 unspecified atom stereocenters. The molecule has 1 N–H and O–H groups in total. The van der Waals surface area contributed by atoms with Crippen LogP contribution in [0.3, 0.4) is 0 Å². The van der Waals surface area contributed by atoms with Crippen molar-refractivity contribution in [2.75, 3.05) is 6.54 Å². The average molecular weight is 341 g/mol. The molecule has 2 aromatic rings. The third kappa shape index (κ3) is 4.28. The van der Waals surface area contributed by atoms with Crippen LogP contribution in [-0.4, -0.2) is 38.3 Å². The van der Waals surface area contributed by atoms with Crippen LogP contribution in [0.5, 0.6) is 0 Å². The fourth-order valence-corrected chi connectivity index (χ4v) is 3.56. The lowest BCUT2D eigenvalue weighted by atomic mass is 9.93. The van der Waals surface area contributed by atoms with Crippen LogP contribution in [0.1, 0.15) is 61.2 Å². The van der Waals surface area contributed by atoms with E-state index >= 15 is 0 Å². The van der Waals surface area contributed by atoms with Gasteiger partial charge in [0, 0.05) is 18.8 Å². The van der Waals surface area contributed by atoms with Crippen LogP contribution < -0.4 is 0 Å². The molecule has 0 spiro atoms. The summed E-state index contributed by atoms with van der Waals surface area (Å²) < 4.78 is 1.76. The second-order valence-corrected chi connectivity index (χ2v) is 6.73. The Bertz CT molecular complexity index is 677. The maximum Gasteiger partial charge on any atom is 0.274 e. The van der Waals surface area contributed by atoms with Crippen molar-refractivity contribution in [2.24, 2.45) is 0 Å². The summed E-state index contributed by atoms with van der Waals surface area (Å²) in [4.78, 5) is 14.9. The quantitative estimate of drug-likeness (QED) is 0.876. The molecule has 0 saturated heterocycles. The number of nitrogens with zero attached hydrogens (tertiary/aromatic N) is 3. The number of hydrogen-bond donors (Lipinski definition) is 1. The van der Waals surface area contributed by atoms with Crippen LogP contribution >= 0.6 is 0 Å². The summed E-state index contributed by atoms with van der Waals surface area (Å²) in [6, 6.07) is 11.5. The Hall–Kier alpha value is -2.14. The van der Waals surface area contributed by atoms with Gasteiger partial charge >= 0.3 is 0 Å². The molecule has 1 saturated carbocycles. The van der Waals surface area contributed by atoms with Crippen LogP contribution in [0, 0.1) is 0 Å². The van der Waals surface area contributed by atoms with E-state index in [1.54, 1.807) is 10.7 Å². The molecular formula is C20H27N3O2. The predicted molar refractivity (Wildman–Crippen MR) is 97.2 cm³/mol. The van der Waals surface area contributed by atoms with Gasteiger partial charge in [0.15, 0.2) is 0 Å². The number of amides is 1. The smallest absolute Gasteiger partial charge is 0.274 e. The SMILES string of the molecule is CCn1ccc(C(=O)N(CC(O)c2ccccc2)C2CCCCC2)n1. The van der Waals surface area contributed by atoms with Gasteiger partial charge in [-0.3, -0.25) is 9.48 Å². The van der Waals surface area contributed by atoms with Gasteiger partial charge < -0.3 is 10.0 Å². The molecule has 1 amide bonds. The highest BCUT2D eigenvalue weighted by Gasteiger charge is 2.29. The number of aromatic nitrogens is 2. The summed E-state index contributed by atoms with van der Waals surface area (Å²) in [5.41, 5.74) is 1.31. The number of aryl methyl sites for hydroxylation is 1. The van der Waals surface area contributed by atoms with Gasteiger partial charge in [0.1, 0.15) is 5.69 Å². The zero-order chi connectivity index (χ0) is 17.6. The molecule has 1 aliphatic rings. The Morgan fingerprint density at radius 1 is 1.24 bits per heavy atom. The molecule has 1 aromatic heterocycles. The van der Waals surface area contributed by atoms with Crippen molar-refractivity contribution in [3.8, 4) is 0 Å². The van der Waals surface area contributed by atoms with Gasteiger partial charge in [-0.25, -0.2) is 0 Å². The van der Waals surface area contributed by atoms with E-state index < -0.39 is 6.10 Å². The highest BCUT2D eigenvalue weighted by atomic mass is 16.3. The Labute approximate surface area is 149 Å². The lowest BCUT2D eigenvalue weighted by molar-refractivity contribution is 0.0448. The first-order valence-corrected chi connectivity index (χ1v) is 9.26. The lowest BCUT2D eigenvalue weighted by Crippen LogP contribution is -2.44. The number of aliphatic hydroxyl groups excluding tert-OH is 1. The minimum Gasteiger partial charge on any atom is -0.387 e. The van der Waals surface area contributed by atoms with Gasteiger partial charge in [0.2, 0.25) is 0 Å². The van der Waals surface area contributed by atoms with E-state index in [2.05, 4.69) is 5.10 Å². The first kappa shape index (κ1) is 17.7. The number of hydrogen-bond acceptors (Lipinski definition) is 3. The molecule has 5 heteroatoms. The molecule has 1 aromatic carbocycles. The van der Waals surface area contributed by atoms with E-state index in [-0.39, 0.29) is 11.9 Å². The highest BCUT2D eigenvalue weighted by Crippen LogP contribution is 2.26. The number of benzene rings is 1. The predicted octanol–water partition coefficient (Wildman–Crippen LogP) is 3.41. The van der Waals surface area contributed by atoms with Crippen LogP contribution in [0.2, 0.25) is 0 Å². The number of carbonyl (C=O) groups is 1. The van der Waals surface area contributed by atoms with Crippen molar-refractivity contribution in [1.82, 2.24) is 14.7 Å². The van der Waals surface area contributed by atoms with Gasteiger partial charge in [-0.1, -0.05) is 49.6 Å². The molecule has 3 rings (SSSR count). The second-order valence-electron chi connectivity index (χ2n) is 6.73. The third-order valence-corrected chi connectivity index (χ3v) is 5.01. The Morgan fingerprint density at radius 3 is 2.60 bits per heavy atom. The largest absolute Gasteiger partial charge is 0.387 e. The molecule has 1 fully saturated rings. The highest BCUT2D eigenvalue weighted by molar-refractivity contribution is 5.92. The standard InChI is InChI=1S/C20H27N3O2/c1-2-22-14-13-18(21-22)20(25)23(17-11-7-4-8-12-17)15-19(24)16-9-5-3-6-10-16/h3,5-6,9-10,13-14,17,19,24H,2,4,7-8,11-12,15H2,1H3. The van der Waals surface area contributed by atoms with Gasteiger partial charge in [-0.2, -0.15) is 5.10 Å². The van der Waals surface area contributed by atoms with Crippen molar-refractivity contribution < 1.29 is 9.90 Å². The molecule has 1 aliphatic carbocycles. The van der Waals surface area contributed by atoms with Crippen molar-refractivity contribution in [1.29, 1.82) is 0 Å².